The Morgan fingerprint density at radius 1 is 1.36 bits per heavy atom. The molecule has 4 nitrogen and oxygen atoms in total. The van der Waals surface area contributed by atoms with E-state index < -0.39 is 6.64 Å². The summed E-state index contributed by atoms with van der Waals surface area (Å²) in [4.78, 5) is 3.94. The van der Waals surface area contributed by atoms with Crippen LogP contribution in [0, 0.1) is 0 Å². The number of hydrogen-bond donors (Lipinski definition) is 1. The smallest absolute Gasteiger partial charge is 0.261 e. The molecule has 0 atom stereocenters. The molecular weight excluding hydrogens is 219 g/mol. The molecule has 1 N–H and O–H groups in total. The Kier molecular flexibility index (Phi) is 3.26. The first-order chi connectivity index (χ1) is 6.79. The van der Waals surface area contributed by atoms with Crippen molar-refractivity contribution in [2.24, 2.45) is 0 Å². The zero-order valence-corrected chi connectivity index (χ0v) is 9.26. The van der Waals surface area contributed by atoms with Gasteiger partial charge in [0.15, 0.2) is 0 Å². The summed E-state index contributed by atoms with van der Waals surface area (Å²) in [5.41, 5.74) is 1.13. The minimum absolute atomic E-state index is 0.598. The van der Waals surface area contributed by atoms with Gasteiger partial charge in [0, 0.05) is 18.9 Å². The minimum Gasteiger partial charge on any atom is -0.316 e. The Labute approximate surface area is 87.9 Å². The van der Waals surface area contributed by atoms with E-state index in [0.717, 1.165) is 5.56 Å². The molecule has 1 aliphatic rings. The Bertz CT molecular complexity index is 336. The summed E-state index contributed by atoms with van der Waals surface area (Å²) in [5.74, 6) is 0. The fourth-order valence-electron chi connectivity index (χ4n) is 1.13. The third-order valence-electron chi connectivity index (χ3n) is 1.83. The summed E-state index contributed by atoms with van der Waals surface area (Å²) >= 11 is 5.21. The lowest BCUT2D eigenvalue weighted by Crippen LogP contribution is -2.09. The molecule has 0 unspecified atom stereocenters. The van der Waals surface area contributed by atoms with Gasteiger partial charge in [-0.1, -0.05) is 0 Å². The molecule has 76 valence electrons. The van der Waals surface area contributed by atoms with E-state index in [2.05, 4.69) is 10.1 Å². The van der Waals surface area contributed by atoms with E-state index in [4.69, 9.17) is 20.9 Å². The quantitative estimate of drug-likeness (QED) is 0.796. The Hall–Kier alpha value is -0.320. The number of nitrogens with one attached hydrogen (secondary N) is 1. The number of nitrogens with zero attached hydrogens (tertiary/aromatic N) is 1. The maximum absolute atomic E-state index is 5.34. The van der Waals surface area contributed by atoms with Gasteiger partial charge < -0.3 is 9.05 Å². The van der Waals surface area contributed by atoms with Gasteiger partial charge in [-0.3, -0.25) is 4.98 Å². The molecule has 0 aliphatic carbocycles. The van der Waals surface area contributed by atoms with Crippen molar-refractivity contribution in [1.29, 1.82) is 0 Å². The normalized spacial score (nSPS) is 19.7. The van der Waals surface area contributed by atoms with Crippen LogP contribution in [-0.2, 0) is 27.4 Å². The molecule has 1 saturated heterocycles. The Morgan fingerprint density at radius 2 is 2.00 bits per heavy atom. The van der Waals surface area contributed by atoms with Crippen molar-refractivity contribution in [3.63, 3.8) is 0 Å². The maximum Gasteiger partial charge on any atom is 0.261 e. The van der Waals surface area contributed by atoms with Crippen LogP contribution in [0.5, 0.6) is 0 Å². The lowest BCUT2D eigenvalue weighted by molar-refractivity contribution is 0.365. The lowest BCUT2D eigenvalue weighted by Gasteiger charge is -2.14. The number of pyridine rings is 1. The topological polar surface area (TPSA) is 43.4 Å². The van der Waals surface area contributed by atoms with Crippen LogP contribution in [-0.4, -0.2) is 18.2 Å². The molecule has 0 spiro atoms. The fraction of sp³-hybridized carbons (Fsp3) is 0.375. The minimum atomic E-state index is -2.17. The van der Waals surface area contributed by atoms with Crippen molar-refractivity contribution in [3.05, 3.63) is 30.1 Å². The van der Waals surface area contributed by atoms with Crippen LogP contribution in [0.1, 0.15) is 5.56 Å². The zero-order valence-electron chi connectivity index (χ0n) is 7.55. The zero-order chi connectivity index (χ0) is 9.86. The summed E-state index contributed by atoms with van der Waals surface area (Å²) in [7, 11) is 0. The predicted octanol–water partition coefficient (Wildman–Crippen LogP) is 1.44. The standard InChI is InChI=1S/C8H11N2O2PS/c14-13(11-5-6-12-13)10-7-8-1-3-9-4-2-8/h1-4H,5-7H2,(H,10,14). The average molecular weight is 230 g/mol. The molecule has 1 aliphatic heterocycles. The molecule has 1 aromatic heterocycles. The molecule has 2 rings (SSSR count). The Balaban J connectivity index is 1.91. The second-order valence-electron chi connectivity index (χ2n) is 2.85. The van der Waals surface area contributed by atoms with E-state index in [9.17, 15) is 0 Å². The molecule has 1 fully saturated rings. The van der Waals surface area contributed by atoms with E-state index in [1.165, 1.54) is 0 Å². The summed E-state index contributed by atoms with van der Waals surface area (Å²) < 4.78 is 10.7. The van der Waals surface area contributed by atoms with Gasteiger partial charge in [-0.05, 0) is 29.5 Å². The highest BCUT2D eigenvalue weighted by molar-refractivity contribution is 8.09. The molecule has 6 heteroatoms. The first-order valence-electron chi connectivity index (χ1n) is 4.32. The van der Waals surface area contributed by atoms with Crippen molar-refractivity contribution in [2.45, 2.75) is 6.54 Å². The monoisotopic (exact) mass is 230 g/mol. The number of hydrogen-bond acceptors (Lipinski definition) is 4. The number of aromatic nitrogens is 1. The van der Waals surface area contributed by atoms with Crippen molar-refractivity contribution in [3.8, 4) is 0 Å². The van der Waals surface area contributed by atoms with Crippen LogP contribution in [0.2, 0.25) is 0 Å². The van der Waals surface area contributed by atoms with E-state index in [0.29, 0.717) is 19.8 Å². The first kappa shape index (κ1) is 10.2. The molecule has 0 bridgehead atoms. The van der Waals surface area contributed by atoms with Gasteiger partial charge in [0.05, 0.1) is 13.2 Å². The van der Waals surface area contributed by atoms with Gasteiger partial charge in [0.2, 0.25) is 0 Å². The van der Waals surface area contributed by atoms with Crippen molar-refractivity contribution < 1.29 is 9.05 Å². The summed E-state index contributed by atoms with van der Waals surface area (Å²) in [5, 5.41) is 3.13. The molecule has 0 aromatic carbocycles. The number of rotatable bonds is 3. The molecule has 14 heavy (non-hydrogen) atoms. The van der Waals surface area contributed by atoms with Crippen LogP contribution < -0.4 is 5.09 Å². The molecule has 2 heterocycles. The third-order valence-corrected chi connectivity index (χ3v) is 4.44. The van der Waals surface area contributed by atoms with Crippen LogP contribution in [0.3, 0.4) is 0 Å². The highest BCUT2D eigenvalue weighted by Crippen LogP contribution is 2.47. The maximum atomic E-state index is 5.34. The predicted molar refractivity (Wildman–Crippen MR) is 57.3 cm³/mol. The molecule has 1 aromatic rings. The van der Waals surface area contributed by atoms with Gasteiger partial charge in [-0.25, -0.2) is 5.09 Å². The van der Waals surface area contributed by atoms with Gasteiger partial charge in [-0.15, -0.1) is 0 Å². The van der Waals surface area contributed by atoms with Gasteiger partial charge in [0.25, 0.3) is 6.64 Å². The van der Waals surface area contributed by atoms with Crippen molar-refractivity contribution in [2.75, 3.05) is 13.2 Å². The fourth-order valence-corrected chi connectivity index (χ4v) is 3.04. The lowest BCUT2D eigenvalue weighted by atomic mass is 10.3. The molecule has 0 amide bonds. The van der Waals surface area contributed by atoms with Crippen LogP contribution >= 0.6 is 6.64 Å². The molecule has 0 radical (unpaired) electrons. The van der Waals surface area contributed by atoms with Crippen LogP contribution in [0.25, 0.3) is 0 Å². The van der Waals surface area contributed by atoms with Crippen LogP contribution in [0.4, 0.5) is 0 Å². The Morgan fingerprint density at radius 3 is 2.64 bits per heavy atom. The molecular formula is C8H11N2O2PS. The summed E-state index contributed by atoms with van der Waals surface area (Å²) in [6, 6.07) is 3.87. The van der Waals surface area contributed by atoms with E-state index in [1.54, 1.807) is 12.4 Å². The first-order valence-corrected chi connectivity index (χ1v) is 6.95. The van der Waals surface area contributed by atoms with Gasteiger partial charge in [0.1, 0.15) is 0 Å². The highest BCUT2D eigenvalue weighted by atomic mass is 32.5. The van der Waals surface area contributed by atoms with Crippen molar-refractivity contribution in [1.82, 2.24) is 10.1 Å². The largest absolute Gasteiger partial charge is 0.316 e. The second-order valence-corrected chi connectivity index (χ2v) is 6.12. The average Bonchev–Trinajstić information content (AvgIpc) is 2.65. The van der Waals surface area contributed by atoms with Crippen molar-refractivity contribution >= 4 is 18.4 Å². The third kappa shape index (κ3) is 2.59. The molecule has 0 saturated carbocycles. The van der Waals surface area contributed by atoms with Gasteiger partial charge in [-0.2, -0.15) is 0 Å². The van der Waals surface area contributed by atoms with E-state index in [1.807, 2.05) is 12.1 Å². The second kappa shape index (κ2) is 4.47. The van der Waals surface area contributed by atoms with E-state index in [-0.39, 0.29) is 0 Å². The summed E-state index contributed by atoms with van der Waals surface area (Å²) in [6.07, 6.45) is 3.50. The summed E-state index contributed by atoms with van der Waals surface area (Å²) in [6.45, 7) is -0.310. The van der Waals surface area contributed by atoms with E-state index >= 15 is 0 Å². The van der Waals surface area contributed by atoms with Gasteiger partial charge >= 0.3 is 0 Å². The SMILES string of the molecule is S=P1(NCc2ccncc2)OCCO1. The highest BCUT2D eigenvalue weighted by Gasteiger charge is 2.23. The van der Waals surface area contributed by atoms with Crippen LogP contribution in [0.15, 0.2) is 24.5 Å².